The van der Waals surface area contributed by atoms with Crippen molar-refractivity contribution in [2.75, 3.05) is 7.11 Å². The van der Waals surface area contributed by atoms with Gasteiger partial charge in [0.1, 0.15) is 0 Å². The van der Waals surface area contributed by atoms with Crippen molar-refractivity contribution < 1.29 is 9.53 Å². The van der Waals surface area contributed by atoms with E-state index in [-0.39, 0.29) is 5.97 Å². The summed E-state index contributed by atoms with van der Waals surface area (Å²) in [5, 5.41) is 9.03. The van der Waals surface area contributed by atoms with E-state index in [0.29, 0.717) is 18.7 Å². The van der Waals surface area contributed by atoms with Crippen LogP contribution in [0.15, 0.2) is 30.3 Å². The number of carbonyl (C=O) groups excluding carboxylic acids is 1. The molecule has 6 nitrogen and oxygen atoms in total. The number of methoxy groups -OCH3 is 1. The third-order valence-electron chi connectivity index (χ3n) is 4.35. The number of ether oxygens (including phenoxy) is 1. The second-order valence-corrected chi connectivity index (χ2v) is 6.70. The number of esters is 1. The van der Waals surface area contributed by atoms with E-state index < -0.39 is 0 Å². The van der Waals surface area contributed by atoms with E-state index in [9.17, 15) is 4.79 Å². The molecule has 0 bridgehead atoms. The molecule has 0 radical (unpaired) electrons. The van der Waals surface area contributed by atoms with Gasteiger partial charge in [-0.1, -0.05) is 6.07 Å². The van der Waals surface area contributed by atoms with E-state index in [0.717, 1.165) is 33.9 Å². The summed E-state index contributed by atoms with van der Waals surface area (Å²) in [6.07, 6.45) is 0. The third kappa shape index (κ3) is 3.85. The fourth-order valence-corrected chi connectivity index (χ4v) is 3.20. The van der Waals surface area contributed by atoms with Crippen LogP contribution in [-0.4, -0.2) is 32.6 Å². The van der Waals surface area contributed by atoms with Crippen molar-refractivity contribution in [1.82, 2.24) is 19.6 Å². The van der Waals surface area contributed by atoms with Gasteiger partial charge < -0.3 is 4.74 Å². The smallest absolute Gasteiger partial charge is 0.337 e. The normalized spacial score (nSPS) is 11.0. The molecule has 0 aliphatic carbocycles. The Balaban J connectivity index is 1.97. The zero-order valence-electron chi connectivity index (χ0n) is 15.9. The average molecular weight is 352 g/mol. The number of aryl methyl sites for hydroxylation is 4. The van der Waals surface area contributed by atoms with Crippen LogP contribution < -0.4 is 0 Å². The third-order valence-corrected chi connectivity index (χ3v) is 4.35. The van der Waals surface area contributed by atoms with Crippen LogP contribution in [0.2, 0.25) is 0 Å². The lowest BCUT2D eigenvalue weighted by Gasteiger charge is -2.11. The van der Waals surface area contributed by atoms with Crippen molar-refractivity contribution in [2.45, 2.75) is 40.8 Å². The second-order valence-electron chi connectivity index (χ2n) is 6.70. The Morgan fingerprint density at radius 1 is 0.846 bits per heavy atom. The molecule has 2 aromatic heterocycles. The highest BCUT2D eigenvalue weighted by molar-refractivity contribution is 5.89. The molecule has 0 unspecified atom stereocenters. The number of aromatic nitrogens is 4. The molecular weight excluding hydrogens is 328 g/mol. The maximum Gasteiger partial charge on any atom is 0.337 e. The quantitative estimate of drug-likeness (QED) is 0.662. The summed E-state index contributed by atoms with van der Waals surface area (Å²) in [5.74, 6) is -0.338. The largest absolute Gasteiger partial charge is 0.465 e. The molecular formula is C20H24N4O2. The number of hydrogen-bond donors (Lipinski definition) is 0. The first-order valence-corrected chi connectivity index (χ1v) is 8.59. The van der Waals surface area contributed by atoms with Gasteiger partial charge in [0.15, 0.2) is 0 Å². The topological polar surface area (TPSA) is 61.9 Å². The number of carbonyl (C=O) groups is 1. The fourth-order valence-electron chi connectivity index (χ4n) is 3.20. The minimum Gasteiger partial charge on any atom is -0.465 e. The predicted molar refractivity (Wildman–Crippen MR) is 99.4 cm³/mol. The molecule has 0 aliphatic rings. The summed E-state index contributed by atoms with van der Waals surface area (Å²) in [5.41, 5.74) is 6.70. The molecule has 136 valence electrons. The van der Waals surface area contributed by atoms with Crippen molar-refractivity contribution in [2.24, 2.45) is 0 Å². The Hall–Kier alpha value is -2.89. The van der Waals surface area contributed by atoms with Crippen LogP contribution in [0, 0.1) is 27.7 Å². The molecule has 0 atom stereocenters. The molecule has 6 heteroatoms. The van der Waals surface area contributed by atoms with Crippen molar-refractivity contribution in [3.63, 3.8) is 0 Å². The van der Waals surface area contributed by atoms with E-state index in [1.54, 1.807) is 0 Å². The van der Waals surface area contributed by atoms with E-state index in [2.05, 4.69) is 16.3 Å². The maximum absolute atomic E-state index is 12.1. The summed E-state index contributed by atoms with van der Waals surface area (Å²) in [7, 11) is 1.40. The van der Waals surface area contributed by atoms with Gasteiger partial charge >= 0.3 is 5.97 Å². The van der Waals surface area contributed by atoms with Gasteiger partial charge in [0.25, 0.3) is 0 Å². The summed E-state index contributed by atoms with van der Waals surface area (Å²) >= 11 is 0. The van der Waals surface area contributed by atoms with E-state index in [1.165, 1.54) is 7.11 Å². The first-order chi connectivity index (χ1) is 12.4. The van der Waals surface area contributed by atoms with Crippen LogP contribution in [0.3, 0.4) is 0 Å². The van der Waals surface area contributed by atoms with E-state index in [1.807, 2.05) is 61.3 Å². The Kier molecular flexibility index (Phi) is 4.93. The molecule has 0 saturated carbocycles. The highest BCUT2D eigenvalue weighted by Crippen LogP contribution is 2.16. The summed E-state index contributed by atoms with van der Waals surface area (Å²) < 4.78 is 8.81. The molecule has 3 aromatic rings. The number of benzene rings is 1. The van der Waals surface area contributed by atoms with Gasteiger partial charge in [-0.3, -0.25) is 9.36 Å². The lowest BCUT2D eigenvalue weighted by molar-refractivity contribution is 0.0600. The summed E-state index contributed by atoms with van der Waals surface area (Å²) in [6, 6.07) is 9.92. The van der Waals surface area contributed by atoms with Crippen molar-refractivity contribution in [3.05, 3.63) is 69.8 Å². The average Bonchev–Trinajstić information content (AvgIpc) is 3.06. The van der Waals surface area contributed by atoms with Crippen LogP contribution in [-0.2, 0) is 17.8 Å². The molecule has 0 saturated heterocycles. The first-order valence-electron chi connectivity index (χ1n) is 8.59. The van der Waals surface area contributed by atoms with Gasteiger partial charge in [-0.2, -0.15) is 10.2 Å². The fraction of sp³-hybridized carbons (Fsp3) is 0.350. The van der Waals surface area contributed by atoms with Crippen molar-refractivity contribution in [3.8, 4) is 0 Å². The van der Waals surface area contributed by atoms with Crippen LogP contribution in [0.5, 0.6) is 0 Å². The standard InChI is InChI=1S/C20H24N4O2/c1-13-6-15(3)23(21-13)11-17-8-18(10-19(9-17)20(25)26-5)12-24-16(4)7-14(2)22-24/h6-10H,11-12H2,1-5H3. The molecule has 0 amide bonds. The zero-order valence-corrected chi connectivity index (χ0v) is 15.9. The van der Waals surface area contributed by atoms with Crippen molar-refractivity contribution in [1.29, 1.82) is 0 Å². The monoisotopic (exact) mass is 352 g/mol. The Morgan fingerprint density at radius 3 is 1.65 bits per heavy atom. The van der Waals surface area contributed by atoms with Gasteiger partial charge in [0.2, 0.25) is 0 Å². The molecule has 0 fully saturated rings. The molecule has 0 aliphatic heterocycles. The minimum absolute atomic E-state index is 0.338. The number of hydrogen-bond acceptors (Lipinski definition) is 4. The Morgan fingerprint density at radius 2 is 1.31 bits per heavy atom. The van der Waals surface area contributed by atoms with Gasteiger partial charge in [0, 0.05) is 11.4 Å². The van der Waals surface area contributed by atoms with Gasteiger partial charge in [-0.25, -0.2) is 4.79 Å². The lowest BCUT2D eigenvalue weighted by Crippen LogP contribution is -2.10. The van der Waals surface area contributed by atoms with Crippen LogP contribution >= 0.6 is 0 Å². The van der Waals surface area contributed by atoms with E-state index >= 15 is 0 Å². The van der Waals surface area contributed by atoms with Gasteiger partial charge in [-0.05, 0) is 63.1 Å². The first kappa shape index (κ1) is 17.9. The molecule has 1 aromatic carbocycles. The van der Waals surface area contributed by atoms with E-state index in [4.69, 9.17) is 4.74 Å². The molecule has 26 heavy (non-hydrogen) atoms. The molecule has 2 heterocycles. The van der Waals surface area contributed by atoms with Crippen LogP contribution in [0.1, 0.15) is 44.3 Å². The summed E-state index contributed by atoms with van der Waals surface area (Å²) in [6.45, 7) is 9.22. The lowest BCUT2D eigenvalue weighted by atomic mass is 10.1. The Labute approximate surface area is 153 Å². The van der Waals surface area contributed by atoms with Gasteiger partial charge in [0.05, 0.1) is 37.2 Å². The zero-order chi connectivity index (χ0) is 18.8. The molecule has 0 N–H and O–H groups in total. The maximum atomic E-state index is 12.1. The van der Waals surface area contributed by atoms with Crippen LogP contribution in [0.25, 0.3) is 0 Å². The van der Waals surface area contributed by atoms with Crippen LogP contribution in [0.4, 0.5) is 0 Å². The summed E-state index contributed by atoms with van der Waals surface area (Å²) in [4.78, 5) is 12.1. The number of rotatable bonds is 5. The predicted octanol–water partition coefficient (Wildman–Crippen LogP) is 3.20. The highest BCUT2D eigenvalue weighted by Gasteiger charge is 2.12. The second kappa shape index (κ2) is 7.15. The molecule has 0 spiro atoms. The van der Waals surface area contributed by atoms with Crippen molar-refractivity contribution >= 4 is 5.97 Å². The SMILES string of the molecule is COC(=O)c1cc(Cn2nc(C)cc2C)cc(Cn2nc(C)cc2C)c1. The number of nitrogens with zero attached hydrogens (tertiary/aromatic N) is 4. The van der Waals surface area contributed by atoms with Gasteiger partial charge in [-0.15, -0.1) is 0 Å². The molecule has 3 rings (SSSR count). The minimum atomic E-state index is -0.338. The Bertz CT molecular complexity index is 886. The highest BCUT2D eigenvalue weighted by atomic mass is 16.5.